The fourth-order valence-corrected chi connectivity index (χ4v) is 3.34. The standard InChI is InChI=1S/C27H25ClN2O3/c1-4-32-24-10-8-23(9-11-24)30-27(31)22(16-29)14-20-7-12-26(25(28)15-20)33-17-21-6-5-18(2)19(3)13-21/h5-15H,4,17H2,1-3H3,(H,30,31)/b22-14+. The van der Waals surface area contributed by atoms with E-state index in [9.17, 15) is 10.1 Å². The minimum atomic E-state index is -0.507. The Balaban J connectivity index is 1.67. The van der Waals surface area contributed by atoms with Crippen LogP contribution in [0.5, 0.6) is 11.5 Å². The number of rotatable bonds is 8. The Hall–Kier alpha value is -3.75. The van der Waals surface area contributed by atoms with Crippen LogP contribution in [-0.4, -0.2) is 12.5 Å². The van der Waals surface area contributed by atoms with Crippen molar-refractivity contribution in [2.75, 3.05) is 11.9 Å². The van der Waals surface area contributed by atoms with Crippen LogP contribution in [0.2, 0.25) is 5.02 Å². The van der Waals surface area contributed by atoms with Crippen LogP contribution in [0.3, 0.4) is 0 Å². The van der Waals surface area contributed by atoms with Crippen molar-refractivity contribution in [3.8, 4) is 17.6 Å². The van der Waals surface area contributed by atoms with Crippen molar-refractivity contribution in [2.45, 2.75) is 27.4 Å². The Morgan fingerprint density at radius 3 is 2.42 bits per heavy atom. The van der Waals surface area contributed by atoms with Gasteiger partial charge in [-0.15, -0.1) is 0 Å². The third-order valence-electron chi connectivity index (χ3n) is 5.02. The summed E-state index contributed by atoms with van der Waals surface area (Å²) in [6, 6.07) is 20.2. The number of carbonyl (C=O) groups is 1. The Labute approximate surface area is 199 Å². The molecule has 0 bridgehead atoms. The van der Waals surface area contributed by atoms with Crippen LogP contribution in [0.15, 0.2) is 66.2 Å². The van der Waals surface area contributed by atoms with Gasteiger partial charge in [0, 0.05) is 5.69 Å². The molecule has 0 spiro atoms. The van der Waals surface area contributed by atoms with Crippen molar-refractivity contribution >= 4 is 29.3 Å². The van der Waals surface area contributed by atoms with Gasteiger partial charge in [-0.1, -0.05) is 35.9 Å². The Morgan fingerprint density at radius 2 is 1.79 bits per heavy atom. The lowest BCUT2D eigenvalue weighted by molar-refractivity contribution is -0.112. The first kappa shape index (κ1) is 23.9. The van der Waals surface area contributed by atoms with Gasteiger partial charge in [-0.05, 0) is 85.5 Å². The van der Waals surface area contributed by atoms with Crippen LogP contribution in [0.1, 0.15) is 29.2 Å². The molecule has 5 nitrogen and oxygen atoms in total. The SMILES string of the molecule is CCOc1ccc(NC(=O)/C(C#N)=C/c2ccc(OCc3ccc(C)c(C)c3)c(Cl)c2)cc1. The first-order valence-corrected chi connectivity index (χ1v) is 10.9. The second-order valence-electron chi connectivity index (χ2n) is 7.48. The van der Waals surface area contributed by atoms with Crippen LogP contribution in [-0.2, 0) is 11.4 Å². The summed E-state index contributed by atoms with van der Waals surface area (Å²) >= 11 is 6.38. The van der Waals surface area contributed by atoms with Crippen molar-refractivity contribution < 1.29 is 14.3 Å². The van der Waals surface area contributed by atoms with Crippen LogP contribution >= 0.6 is 11.6 Å². The molecule has 6 heteroatoms. The molecule has 0 atom stereocenters. The molecule has 1 amide bonds. The summed E-state index contributed by atoms with van der Waals surface area (Å²) in [5, 5.41) is 12.6. The number of benzene rings is 3. The number of ether oxygens (including phenoxy) is 2. The van der Waals surface area contributed by atoms with Crippen molar-refractivity contribution in [1.82, 2.24) is 0 Å². The van der Waals surface area contributed by atoms with Gasteiger partial charge in [-0.2, -0.15) is 5.26 Å². The number of hydrogen-bond acceptors (Lipinski definition) is 4. The summed E-state index contributed by atoms with van der Waals surface area (Å²) in [6.45, 7) is 6.98. The molecule has 0 heterocycles. The summed E-state index contributed by atoms with van der Waals surface area (Å²) in [7, 11) is 0. The highest BCUT2D eigenvalue weighted by Crippen LogP contribution is 2.27. The maximum Gasteiger partial charge on any atom is 0.266 e. The second kappa shape index (κ2) is 11.2. The quantitative estimate of drug-likeness (QED) is 0.308. The Kier molecular flexibility index (Phi) is 8.12. The smallest absolute Gasteiger partial charge is 0.266 e. The normalized spacial score (nSPS) is 10.9. The van der Waals surface area contributed by atoms with E-state index in [2.05, 4.69) is 31.3 Å². The second-order valence-corrected chi connectivity index (χ2v) is 7.89. The van der Waals surface area contributed by atoms with Crippen molar-refractivity contribution in [3.05, 3.63) is 93.5 Å². The zero-order valence-corrected chi connectivity index (χ0v) is 19.6. The lowest BCUT2D eigenvalue weighted by atomic mass is 10.1. The van der Waals surface area contributed by atoms with Gasteiger partial charge in [0.15, 0.2) is 0 Å². The summed E-state index contributed by atoms with van der Waals surface area (Å²) in [5.74, 6) is 0.734. The van der Waals surface area contributed by atoms with Gasteiger partial charge < -0.3 is 14.8 Å². The number of aryl methyl sites for hydroxylation is 2. The Bertz CT molecular complexity index is 1210. The molecule has 0 saturated carbocycles. The minimum absolute atomic E-state index is 0.0382. The summed E-state index contributed by atoms with van der Waals surface area (Å²) in [4.78, 5) is 12.5. The largest absolute Gasteiger partial charge is 0.494 e. The number of hydrogen-bond donors (Lipinski definition) is 1. The number of nitrogens with zero attached hydrogens (tertiary/aromatic N) is 1. The van der Waals surface area contributed by atoms with Crippen molar-refractivity contribution in [1.29, 1.82) is 5.26 Å². The molecule has 0 fully saturated rings. The molecule has 168 valence electrons. The third-order valence-corrected chi connectivity index (χ3v) is 5.32. The van der Waals surface area contributed by atoms with E-state index in [1.165, 1.54) is 17.2 Å². The molecule has 3 aromatic rings. The first-order chi connectivity index (χ1) is 15.9. The van der Waals surface area contributed by atoms with E-state index < -0.39 is 5.91 Å². The molecule has 0 radical (unpaired) electrons. The van der Waals surface area contributed by atoms with E-state index in [-0.39, 0.29) is 5.57 Å². The van der Waals surface area contributed by atoms with Gasteiger partial charge in [-0.3, -0.25) is 4.79 Å². The van der Waals surface area contributed by atoms with E-state index in [4.69, 9.17) is 21.1 Å². The average molecular weight is 461 g/mol. The highest BCUT2D eigenvalue weighted by molar-refractivity contribution is 6.32. The van der Waals surface area contributed by atoms with Gasteiger partial charge in [0.05, 0.1) is 11.6 Å². The maximum atomic E-state index is 12.5. The molecular formula is C27H25ClN2O3. The van der Waals surface area contributed by atoms with Crippen LogP contribution in [0.25, 0.3) is 6.08 Å². The molecule has 0 saturated heterocycles. The topological polar surface area (TPSA) is 71.3 Å². The molecule has 3 rings (SSSR count). The fraction of sp³-hybridized carbons (Fsp3) is 0.185. The van der Waals surface area contributed by atoms with Gasteiger partial charge in [0.2, 0.25) is 0 Å². The first-order valence-electron chi connectivity index (χ1n) is 10.5. The summed E-state index contributed by atoms with van der Waals surface area (Å²) < 4.78 is 11.2. The van der Waals surface area contributed by atoms with Crippen LogP contribution in [0.4, 0.5) is 5.69 Å². The molecule has 33 heavy (non-hydrogen) atoms. The number of halogens is 1. The zero-order chi connectivity index (χ0) is 23.8. The number of nitriles is 1. The van der Waals surface area contributed by atoms with Crippen LogP contribution in [0, 0.1) is 25.2 Å². The molecule has 0 aliphatic heterocycles. The number of carbonyl (C=O) groups excluding carboxylic acids is 1. The molecular weight excluding hydrogens is 436 g/mol. The zero-order valence-electron chi connectivity index (χ0n) is 18.8. The third kappa shape index (κ3) is 6.61. The lowest BCUT2D eigenvalue weighted by Gasteiger charge is -2.10. The van der Waals surface area contributed by atoms with E-state index >= 15 is 0 Å². The number of nitrogens with one attached hydrogen (secondary N) is 1. The maximum absolute atomic E-state index is 12.5. The van der Waals surface area contributed by atoms with E-state index in [1.54, 1.807) is 42.5 Å². The monoisotopic (exact) mass is 460 g/mol. The van der Waals surface area contributed by atoms with E-state index in [1.807, 2.05) is 19.1 Å². The molecule has 0 aliphatic carbocycles. The molecule has 3 aromatic carbocycles. The molecule has 0 aromatic heterocycles. The van der Waals surface area contributed by atoms with Gasteiger partial charge >= 0.3 is 0 Å². The predicted molar refractivity (Wildman–Crippen MR) is 132 cm³/mol. The van der Waals surface area contributed by atoms with E-state index in [0.29, 0.717) is 41.0 Å². The fourth-order valence-electron chi connectivity index (χ4n) is 3.09. The minimum Gasteiger partial charge on any atom is -0.494 e. The van der Waals surface area contributed by atoms with Gasteiger partial charge in [0.25, 0.3) is 5.91 Å². The molecule has 0 unspecified atom stereocenters. The molecule has 1 N–H and O–H groups in total. The number of anilines is 1. The van der Waals surface area contributed by atoms with E-state index in [0.717, 1.165) is 5.56 Å². The van der Waals surface area contributed by atoms with Gasteiger partial charge in [-0.25, -0.2) is 0 Å². The number of amides is 1. The average Bonchev–Trinajstić information content (AvgIpc) is 2.80. The van der Waals surface area contributed by atoms with Crippen molar-refractivity contribution in [3.63, 3.8) is 0 Å². The van der Waals surface area contributed by atoms with Crippen LogP contribution < -0.4 is 14.8 Å². The highest BCUT2D eigenvalue weighted by atomic mass is 35.5. The molecule has 0 aliphatic rings. The summed E-state index contributed by atoms with van der Waals surface area (Å²) in [5.41, 5.74) is 4.64. The van der Waals surface area contributed by atoms with Gasteiger partial charge in [0.1, 0.15) is 29.7 Å². The van der Waals surface area contributed by atoms with Crippen molar-refractivity contribution in [2.24, 2.45) is 0 Å². The summed E-state index contributed by atoms with van der Waals surface area (Å²) in [6.07, 6.45) is 1.49. The Morgan fingerprint density at radius 1 is 1.03 bits per heavy atom. The highest BCUT2D eigenvalue weighted by Gasteiger charge is 2.11. The lowest BCUT2D eigenvalue weighted by Crippen LogP contribution is -2.13. The predicted octanol–water partition coefficient (Wildman–Crippen LogP) is 6.48.